The van der Waals surface area contributed by atoms with E-state index in [1.165, 1.54) is 87.8 Å². The number of phenolic OH excluding ortho intramolecular Hbond substituents is 1. The number of nitrogens with one attached hydrogen (secondary N) is 1. The van der Waals surface area contributed by atoms with Gasteiger partial charge in [0.2, 0.25) is 0 Å². The van der Waals surface area contributed by atoms with Crippen LogP contribution in [-0.4, -0.2) is 40.8 Å². The van der Waals surface area contributed by atoms with E-state index in [2.05, 4.69) is 27.8 Å². The van der Waals surface area contributed by atoms with Crippen LogP contribution in [0.5, 0.6) is 11.5 Å². The third-order valence-electron chi connectivity index (χ3n) is 11.5. The Morgan fingerprint density at radius 3 is 1.94 bits per heavy atom. The number of H-pyrrole nitrogens is 1. The van der Waals surface area contributed by atoms with E-state index >= 15 is 0 Å². The highest BCUT2D eigenvalue weighted by Crippen LogP contribution is 2.48. The molecule has 0 bridgehead atoms. The van der Waals surface area contributed by atoms with E-state index in [0.29, 0.717) is 29.7 Å². The minimum absolute atomic E-state index is 0.268. The molecule has 3 aliphatic rings. The number of carbonyl (C=O) groups is 2. The minimum atomic E-state index is -0.343. The fourth-order valence-corrected chi connectivity index (χ4v) is 8.95. The van der Waals surface area contributed by atoms with Gasteiger partial charge in [0.05, 0.1) is 42.3 Å². The summed E-state index contributed by atoms with van der Waals surface area (Å²) in [6.45, 7) is 0.472. The second kappa shape index (κ2) is 14.9. The van der Waals surface area contributed by atoms with Gasteiger partial charge in [0.25, 0.3) is 0 Å². The van der Waals surface area contributed by atoms with Gasteiger partial charge in [-0.3, -0.25) is 0 Å². The van der Waals surface area contributed by atoms with E-state index in [9.17, 15) is 14.7 Å². The lowest BCUT2D eigenvalue weighted by molar-refractivity contribution is 0.0592. The second-order valence-electron chi connectivity index (χ2n) is 14.5. The zero-order valence-corrected chi connectivity index (χ0v) is 30.5. The summed E-state index contributed by atoms with van der Waals surface area (Å²) in [5, 5.41) is 12.8. The normalized spacial score (nSPS) is 15.9. The van der Waals surface area contributed by atoms with Crippen LogP contribution in [-0.2, 0) is 16.2 Å². The van der Waals surface area contributed by atoms with Crippen molar-refractivity contribution in [2.24, 2.45) is 0 Å². The molecule has 2 N–H and O–H groups in total. The van der Waals surface area contributed by atoms with Crippen LogP contribution in [0.25, 0.3) is 44.3 Å². The third kappa shape index (κ3) is 6.45. The minimum Gasteiger partial charge on any atom is -0.507 e. The van der Waals surface area contributed by atoms with E-state index in [1.54, 1.807) is 6.07 Å². The Morgan fingerprint density at radius 1 is 0.698 bits per heavy atom. The molecule has 0 saturated heterocycles. The molecule has 2 fully saturated rings. The van der Waals surface area contributed by atoms with Crippen molar-refractivity contribution in [3.63, 3.8) is 0 Å². The van der Waals surface area contributed by atoms with Crippen molar-refractivity contribution < 1.29 is 28.9 Å². The van der Waals surface area contributed by atoms with E-state index in [4.69, 9.17) is 14.2 Å². The van der Waals surface area contributed by atoms with Gasteiger partial charge in [-0.15, -0.1) is 0 Å². The van der Waals surface area contributed by atoms with Crippen molar-refractivity contribution in [1.29, 1.82) is 0 Å². The molecule has 0 amide bonds. The Balaban J connectivity index is 0.000000151. The number of fused-ring (bicyclic) bond motifs is 6. The molecule has 0 spiro atoms. The first-order valence-electron chi connectivity index (χ1n) is 19.0. The Morgan fingerprint density at radius 2 is 1.28 bits per heavy atom. The summed E-state index contributed by atoms with van der Waals surface area (Å²) in [7, 11) is 2.81. The molecule has 2 saturated carbocycles. The molecule has 2 aromatic heterocycles. The molecule has 0 radical (unpaired) electrons. The van der Waals surface area contributed by atoms with Crippen LogP contribution in [0.15, 0.2) is 84.9 Å². The molecule has 1 aliphatic heterocycles. The van der Waals surface area contributed by atoms with Crippen molar-refractivity contribution in [3.05, 3.63) is 107 Å². The summed E-state index contributed by atoms with van der Waals surface area (Å²) in [6.07, 6.45) is 12.4. The lowest BCUT2D eigenvalue weighted by atomic mass is 9.81. The zero-order chi connectivity index (χ0) is 36.5. The third-order valence-corrected chi connectivity index (χ3v) is 11.5. The highest BCUT2D eigenvalue weighted by Gasteiger charge is 2.30. The predicted octanol–water partition coefficient (Wildman–Crippen LogP) is 10.9. The second-order valence-corrected chi connectivity index (χ2v) is 14.5. The fourth-order valence-electron chi connectivity index (χ4n) is 8.95. The molecule has 0 unspecified atom stereocenters. The number of aromatic nitrogens is 2. The number of rotatable bonds is 5. The van der Waals surface area contributed by atoms with Crippen LogP contribution in [0.4, 0.5) is 0 Å². The van der Waals surface area contributed by atoms with Crippen LogP contribution in [0, 0.1) is 0 Å². The zero-order valence-electron chi connectivity index (χ0n) is 30.5. The molecule has 53 heavy (non-hydrogen) atoms. The quantitative estimate of drug-likeness (QED) is 0.173. The average Bonchev–Trinajstić information content (AvgIpc) is 3.77. The number of methoxy groups -OCH3 is 2. The first-order valence-corrected chi connectivity index (χ1v) is 19.0. The molecule has 3 heterocycles. The monoisotopic (exact) mass is 710 g/mol. The molecule has 4 aromatic carbocycles. The number of hydrogen-bond donors (Lipinski definition) is 2. The standard InChI is InChI=1S/C23H23NO3.C22H23NO3/c1-26-23(25)16-11-12-17-19(13-16)24-14-27-20-10-6-5-9-18(20)22(24)21(17)15-7-3-2-4-8-15;1-26-22(25)15-11-12-16-18(13-15)23-21(17-9-5-6-10-19(17)24)20(16)14-7-3-2-4-8-14/h5-6,9-13,15H,2-4,7-8,14H2,1H3;5-6,9-14,23-24H,2-4,7-8H2,1H3. The summed E-state index contributed by atoms with van der Waals surface area (Å²) in [5.74, 6) is 1.60. The number of benzene rings is 4. The number of para-hydroxylation sites is 2. The van der Waals surface area contributed by atoms with E-state index < -0.39 is 0 Å². The summed E-state index contributed by atoms with van der Waals surface area (Å²) in [4.78, 5) is 27.4. The van der Waals surface area contributed by atoms with Crippen molar-refractivity contribution in [1.82, 2.24) is 9.55 Å². The van der Waals surface area contributed by atoms with E-state index in [-0.39, 0.29) is 17.7 Å². The largest absolute Gasteiger partial charge is 0.507 e. The molecule has 272 valence electrons. The predicted molar refractivity (Wildman–Crippen MR) is 208 cm³/mol. The van der Waals surface area contributed by atoms with Gasteiger partial charge in [0, 0.05) is 27.4 Å². The van der Waals surface area contributed by atoms with Crippen molar-refractivity contribution in [2.75, 3.05) is 14.2 Å². The van der Waals surface area contributed by atoms with E-state index in [1.807, 2.05) is 60.7 Å². The van der Waals surface area contributed by atoms with Crippen molar-refractivity contribution >= 4 is 33.7 Å². The first-order chi connectivity index (χ1) is 26.0. The Kier molecular flexibility index (Phi) is 9.69. The van der Waals surface area contributed by atoms with Crippen molar-refractivity contribution in [2.45, 2.75) is 82.8 Å². The topological polar surface area (TPSA) is 103 Å². The highest BCUT2D eigenvalue weighted by atomic mass is 16.5. The van der Waals surface area contributed by atoms with Crippen LogP contribution >= 0.6 is 0 Å². The number of esters is 2. The molecule has 0 atom stereocenters. The number of aromatic amines is 1. The highest BCUT2D eigenvalue weighted by molar-refractivity contribution is 6.00. The molecule has 6 aromatic rings. The van der Waals surface area contributed by atoms with Gasteiger partial charge in [0.15, 0.2) is 6.73 Å². The van der Waals surface area contributed by atoms with Gasteiger partial charge in [-0.2, -0.15) is 0 Å². The summed E-state index contributed by atoms with van der Waals surface area (Å²) in [5.41, 5.74) is 9.96. The smallest absolute Gasteiger partial charge is 0.337 e. The van der Waals surface area contributed by atoms with Gasteiger partial charge in [-0.25, -0.2) is 9.59 Å². The maximum atomic E-state index is 12.1. The van der Waals surface area contributed by atoms with Gasteiger partial charge < -0.3 is 28.9 Å². The van der Waals surface area contributed by atoms with Crippen LogP contribution < -0.4 is 4.74 Å². The number of carbonyl (C=O) groups excluding carboxylic acids is 2. The maximum Gasteiger partial charge on any atom is 0.337 e. The lowest BCUT2D eigenvalue weighted by Crippen LogP contribution is -2.14. The summed E-state index contributed by atoms with van der Waals surface area (Å²) >= 11 is 0. The number of hydrogen-bond acceptors (Lipinski definition) is 6. The van der Waals surface area contributed by atoms with Gasteiger partial charge in [-0.05, 0) is 97.2 Å². The number of ether oxygens (including phenoxy) is 3. The van der Waals surface area contributed by atoms with Crippen LogP contribution in [0.3, 0.4) is 0 Å². The fraction of sp³-hybridized carbons (Fsp3) is 0.333. The molecule has 8 heteroatoms. The molecule has 2 aliphatic carbocycles. The van der Waals surface area contributed by atoms with Gasteiger partial charge >= 0.3 is 11.9 Å². The van der Waals surface area contributed by atoms with E-state index in [0.717, 1.165) is 51.8 Å². The number of nitrogens with zero attached hydrogens (tertiary/aromatic N) is 1. The van der Waals surface area contributed by atoms with Gasteiger partial charge in [-0.1, -0.05) is 74.9 Å². The Labute approximate surface area is 309 Å². The Hall–Kier alpha value is -5.50. The molecular formula is C45H46N2O6. The lowest BCUT2D eigenvalue weighted by Gasteiger charge is -2.26. The number of phenols is 1. The average molecular weight is 711 g/mol. The SMILES string of the molecule is COC(=O)c1ccc2c(C3CCCCC3)c(-c3ccccc3O)[nH]c2c1.COC(=O)c1ccc2c(C3CCCCC3)c3n(c2c1)COc1ccccc1-3. The molecular weight excluding hydrogens is 665 g/mol. The Bertz CT molecular complexity index is 2300. The van der Waals surface area contributed by atoms with Crippen LogP contribution in [0.1, 0.15) is 108 Å². The summed E-state index contributed by atoms with van der Waals surface area (Å²) < 4.78 is 18.0. The summed E-state index contributed by atoms with van der Waals surface area (Å²) in [6, 6.07) is 27.3. The maximum absolute atomic E-state index is 12.1. The molecule has 9 rings (SSSR count). The number of aromatic hydroxyl groups is 1. The first kappa shape index (κ1) is 34.6. The van der Waals surface area contributed by atoms with Crippen molar-refractivity contribution in [3.8, 4) is 34.0 Å². The molecule has 8 nitrogen and oxygen atoms in total. The van der Waals surface area contributed by atoms with Crippen LogP contribution in [0.2, 0.25) is 0 Å². The van der Waals surface area contributed by atoms with Gasteiger partial charge in [0.1, 0.15) is 11.5 Å².